The first-order valence-corrected chi connectivity index (χ1v) is 8.99. The van der Waals surface area contributed by atoms with E-state index in [2.05, 4.69) is 57.8 Å². The van der Waals surface area contributed by atoms with E-state index in [1.54, 1.807) is 12.1 Å². The Morgan fingerprint density at radius 3 is 2.54 bits per heavy atom. The third kappa shape index (κ3) is 3.24. The molecule has 0 spiro atoms. The van der Waals surface area contributed by atoms with Crippen LogP contribution in [-0.2, 0) is 0 Å². The fourth-order valence-electron chi connectivity index (χ4n) is 3.86. The molecule has 1 aliphatic heterocycles. The Kier molecular flexibility index (Phi) is 4.63. The van der Waals surface area contributed by atoms with Crippen molar-refractivity contribution < 1.29 is 4.39 Å². The molecule has 0 saturated carbocycles. The summed E-state index contributed by atoms with van der Waals surface area (Å²) in [6.07, 6.45) is 3.00. The van der Waals surface area contributed by atoms with Crippen LogP contribution in [0.25, 0.3) is 11.6 Å². The molecule has 0 amide bonds. The predicted octanol–water partition coefficient (Wildman–Crippen LogP) is 5.92. The van der Waals surface area contributed by atoms with E-state index in [9.17, 15) is 9.65 Å². The van der Waals surface area contributed by atoms with Gasteiger partial charge in [-0.05, 0) is 85.7 Å². The van der Waals surface area contributed by atoms with Crippen molar-refractivity contribution in [1.82, 2.24) is 0 Å². The lowest BCUT2D eigenvalue weighted by Crippen LogP contribution is -2.45. The molecule has 2 nitrogen and oxygen atoms in total. The summed E-state index contributed by atoms with van der Waals surface area (Å²) in [7, 11) is 2.15. The molecule has 1 unspecified atom stereocenters. The van der Waals surface area contributed by atoms with Gasteiger partial charge >= 0.3 is 0 Å². The second-order valence-corrected chi connectivity index (χ2v) is 7.92. The molecule has 2 aromatic rings. The topological polar surface area (TPSA) is 27.0 Å². The van der Waals surface area contributed by atoms with Gasteiger partial charge < -0.3 is 4.90 Å². The average molecular weight is 348 g/mol. The highest BCUT2D eigenvalue weighted by Crippen LogP contribution is 2.43. The minimum absolute atomic E-state index is 0.127. The number of rotatable bonds is 2. The molecule has 0 aliphatic carbocycles. The molecule has 3 rings (SSSR count). The second kappa shape index (κ2) is 6.61. The van der Waals surface area contributed by atoms with Gasteiger partial charge in [0.1, 0.15) is 5.82 Å². The molecule has 0 fully saturated rings. The number of aryl methyl sites for hydroxylation is 1. The number of halogens is 1. The predicted molar refractivity (Wildman–Crippen MR) is 107 cm³/mol. The highest BCUT2D eigenvalue weighted by atomic mass is 19.1. The molecule has 26 heavy (non-hydrogen) atoms. The summed E-state index contributed by atoms with van der Waals surface area (Å²) in [4.78, 5) is 2.36. The van der Waals surface area contributed by atoms with E-state index >= 15 is 0 Å². The molecule has 1 aliphatic rings. The molecule has 134 valence electrons. The van der Waals surface area contributed by atoms with Gasteiger partial charge in [0.2, 0.25) is 0 Å². The summed E-state index contributed by atoms with van der Waals surface area (Å²) < 4.78 is 13.2. The summed E-state index contributed by atoms with van der Waals surface area (Å²) in [6, 6.07) is 12.8. The summed E-state index contributed by atoms with van der Waals surface area (Å²) in [5.74, 6) is 0.163. The van der Waals surface area contributed by atoms with Crippen LogP contribution in [-0.4, -0.2) is 12.6 Å². The fourth-order valence-corrected chi connectivity index (χ4v) is 3.86. The number of allylic oxidation sites excluding steroid dienone is 1. The van der Waals surface area contributed by atoms with Crippen LogP contribution in [0.1, 0.15) is 55.4 Å². The first kappa shape index (κ1) is 18.2. The van der Waals surface area contributed by atoms with Crippen molar-refractivity contribution in [3.05, 3.63) is 64.5 Å². The highest BCUT2D eigenvalue weighted by Gasteiger charge is 2.34. The molecule has 1 heterocycles. The third-order valence-corrected chi connectivity index (χ3v) is 5.60. The molecular weight excluding hydrogens is 323 g/mol. The van der Waals surface area contributed by atoms with Gasteiger partial charge in [0.25, 0.3) is 0 Å². The standard InChI is InChI=1S/C23H25FN2/c1-15-10-22-21(16(2)13-23(3,4)26(22)5)12-18(15)11-19(14-25)17-6-8-20(24)9-7-17/h6-12,16H,13H2,1-5H3/b19-11+. The summed E-state index contributed by atoms with van der Waals surface area (Å²) >= 11 is 0. The van der Waals surface area contributed by atoms with Crippen LogP contribution in [0.2, 0.25) is 0 Å². The Bertz CT molecular complexity index is 901. The lowest BCUT2D eigenvalue weighted by molar-refractivity contribution is 0.395. The maximum absolute atomic E-state index is 13.2. The largest absolute Gasteiger partial charge is 0.369 e. The Balaban J connectivity index is 2.08. The molecular formula is C23H25FN2. The van der Waals surface area contributed by atoms with E-state index in [4.69, 9.17) is 0 Å². The SMILES string of the molecule is Cc1cc2c(cc1/C=C(\C#N)c1ccc(F)cc1)C(C)CC(C)(C)N2C. The first-order valence-electron chi connectivity index (χ1n) is 8.99. The van der Waals surface area contributed by atoms with Crippen molar-refractivity contribution in [3.8, 4) is 6.07 Å². The molecule has 0 aromatic heterocycles. The zero-order chi connectivity index (χ0) is 19.1. The number of benzene rings is 2. The van der Waals surface area contributed by atoms with Crippen LogP contribution in [0.3, 0.4) is 0 Å². The van der Waals surface area contributed by atoms with Crippen LogP contribution in [0, 0.1) is 24.1 Å². The van der Waals surface area contributed by atoms with Crippen molar-refractivity contribution in [3.63, 3.8) is 0 Å². The van der Waals surface area contributed by atoms with Gasteiger partial charge in [-0.25, -0.2) is 4.39 Å². The summed E-state index contributed by atoms with van der Waals surface area (Å²) in [5, 5.41) is 9.58. The molecule has 1 atom stereocenters. The van der Waals surface area contributed by atoms with Gasteiger partial charge in [-0.1, -0.05) is 19.1 Å². The Hall–Kier alpha value is -2.60. The summed E-state index contributed by atoms with van der Waals surface area (Å²) in [6.45, 7) is 8.89. The Morgan fingerprint density at radius 2 is 1.92 bits per heavy atom. The van der Waals surface area contributed by atoms with Crippen LogP contribution in [0.15, 0.2) is 36.4 Å². The van der Waals surface area contributed by atoms with E-state index in [0.29, 0.717) is 11.5 Å². The van der Waals surface area contributed by atoms with Crippen molar-refractivity contribution >= 4 is 17.3 Å². The lowest BCUT2D eigenvalue weighted by Gasteiger charge is -2.45. The molecule has 3 heteroatoms. The van der Waals surface area contributed by atoms with E-state index in [0.717, 1.165) is 23.1 Å². The molecule has 0 bridgehead atoms. The van der Waals surface area contributed by atoms with Gasteiger partial charge in [0.05, 0.1) is 11.6 Å². The monoisotopic (exact) mass is 348 g/mol. The van der Waals surface area contributed by atoms with E-state index in [1.165, 1.54) is 23.4 Å². The van der Waals surface area contributed by atoms with E-state index in [-0.39, 0.29) is 11.4 Å². The minimum Gasteiger partial charge on any atom is -0.369 e. The van der Waals surface area contributed by atoms with Crippen molar-refractivity contribution in [1.29, 1.82) is 5.26 Å². The normalized spacial score (nSPS) is 19.0. The van der Waals surface area contributed by atoms with Gasteiger partial charge in [0.15, 0.2) is 0 Å². The van der Waals surface area contributed by atoms with Gasteiger partial charge in [-0.15, -0.1) is 0 Å². The van der Waals surface area contributed by atoms with E-state index < -0.39 is 0 Å². The second-order valence-electron chi connectivity index (χ2n) is 7.92. The zero-order valence-electron chi connectivity index (χ0n) is 16.1. The van der Waals surface area contributed by atoms with Gasteiger partial charge in [0, 0.05) is 18.3 Å². The maximum Gasteiger partial charge on any atom is 0.123 e. The van der Waals surface area contributed by atoms with Crippen LogP contribution in [0.5, 0.6) is 0 Å². The van der Waals surface area contributed by atoms with Crippen molar-refractivity contribution in [2.24, 2.45) is 0 Å². The van der Waals surface area contributed by atoms with Crippen molar-refractivity contribution in [2.75, 3.05) is 11.9 Å². The maximum atomic E-state index is 13.2. The van der Waals surface area contributed by atoms with Crippen molar-refractivity contribution in [2.45, 2.75) is 45.6 Å². The highest BCUT2D eigenvalue weighted by molar-refractivity contribution is 5.90. The number of nitriles is 1. The van der Waals surface area contributed by atoms with Gasteiger partial charge in [-0.3, -0.25) is 0 Å². The Morgan fingerprint density at radius 1 is 1.27 bits per heavy atom. The number of anilines is 1. The zero-order valence-corrected chi connectivity index (χ0v) is 16.1. The average Bonchev–Trinajstić information content (AvgIpc) is 2.59. The number of hydrogen-bond acceptors (Lipinski definition) is 2. The number of nitrogens with zero attached hydrogens (tertiary/aromatic N) is 2. The minimum atomic E-state index is -0.296. The fraction of sp³-hybridized carbons (Fsp3) is 0.348. The van der Waals surface area contributed by atoms with Crippen LogP contribution in [0.4, 0.5) is 10.1 Å². The first-order chi connectivity index (χ1) is 12.2. The number of hydrogen-bond donors (Lipinski definition) is 0. The third-order valence-electron chi connectivity index (χ3n) is 5.60. The Labute approximate surface area is 155 Å². The quantitative estimate of drug-likeness (QED) is 0.497. The molecule has 0 N–H and O–H groups in total. The summed E-state index contributed by atoms with van der Waals surface area (Å²) in [5.41, 5.74) is 6.17. The lowest BCUT2D eigenvalue weighted by atomic mass is 9.79. The molecule has 0 radical (unpaired) electrons. The van der Waals surface area contributed by atoms with Crippen LogP contribution < -0.4 is 4.90 Å². The van der Waals surface area contributed by atoms with Gasteiger partial charge in [-0.2, -0.15) is 5.26 Å². The number of fused-ring (bicyclic) bond motifs is 1. The molecule has 0 saturated heterocycles. The smallest absolute Gasteiger partial charge is 0.123 e. The van der Waals surface area contributed by atoms with Crippen LogP contribution >= 0.6 is 0 Å². The molecule has 2 aromatic carbocycles. The van der Waals surface area contributed by atoms with E-state index in [1.807, 2.05) is 6.08 Å².